The zero-order valence-electron chi connectivity index (χ0n) is 12.5. The maximum atomic E-state index is 9.56. The lowest BCUT2D eigenvalue weighted by atomic mass is 9.98. The minimum absolute atomic E-state index is 0.149. The standard InChI is InChI=1S/C17H28N2O/c1-14(11-16-9-5-6-10-18-16)19-17(13-20)12-15-7-3-2-4-8-15/h2-4,7-8,14,16-20H,5-6,9-13H2,1H3. The summed E-state index contributed by atoms with van der Waals surface area (Å²) in [6.45, 7) is 3.58. The highest BCUT2D eigenvalue weighted by Gasteiger charge is 2.18. The van der Waals surface area contributed by atoms with Crippen molar-refractivity contribution in [1.29, 1.82) is 0 Å². The van der Waals surface area contributed by atoms with E-state index in [-0.39, 0.29) is 12.6 Å². The monoisotopic (exact) mass is 276 g/mol. The van der Waals surface area contributed by atoms with Gasteiger partial charge in [0.25, 0.3) is 0 Å². The molecule has 20 heavy (non-hydrogen) atoms. The molecule has 1 fully saturated rings. The van der Waals surface area contributed by atoms with Crippen molar-refractivity contribution in [2.45, 2.75) is 57.2 Å². The van der Waals surface area contributed by atoms with Crippen LogP contribution in [-0.2, 0) is 6.42 Å². The molecular formula is C17H28N2O. The molecule has 1 heterocycles. The molecule has 0 amide bonds. The van der Waals surface area contributed by atoms with E-state index >= 15 is 0 Å². The van der Waals surface area contributed by atoms with Gasteiger partial charge in [0.15, 0.2) is 0 Å². The van der Waals surface area contributed by atoms with Gasteiger partial charge in [-0.15, -0.1) is 0 Å². The number of piperidine rings is 1. The molecule has 0 radical (unpaired) electrons. The van der Waals surface area contributed by atoms with Crippen molar-refractivity contribution in [2.75, 3.05) is 13.2 Å². The molecular weight excluding hydrogens is 248 g/mol. The molecule has 1 saturated heterocycles. The fraction of sp³-hybridized carbons (Fsp3) is 0.647. The van der Waals surface area contributed by atoms with Crippen LogP contribution in [0.1, 0.15) is 38.2 Å². The maximum absolute atomic E-state index is 9.56. The summed E-state index contributed by atoms with van der Waals surface area (Å²) in [6.07, 6.45) is 5.98. The van der Waals surface area contributed by atoms with Crippen molar-refractivity contribution in [3.63, 3.8) is 0 Å². The Labute approximate surface area is 122 Å². The van der Waals surface area contributed by atoms with Crippen LogP contribution in [0.15, 0.2) is 30.3 Å². The van der Waals surface area contributed by atoms with E-state index < -0.39 is 0 Å². The van der Waals surface area contributed by atoms with Crippen LogP contribution >= 0.6 is 0 Å². The minimum atomic E-state index is 0.149. The van der Waals surface area contributed by atoms with Crippen molar-refractivity contribution in [3.05, 3.63) is 35.9 Å². The first kappa shape index (κ1) is 15.5. The summed E-state index contributed by atoms with van der Waals surface area (Å²) in [4.78, 5) is 0. The Bertz CT molecular complexity index is 363. The molecule has 0 aliphatic carbocycles. The first-order valence-corrected chi connectivity index (χ1v) is 7.92. The van der Waals surface area contributed by atoms with Crippen LogP contribution in [0.5, 0.6) is 0 Å². The number of rotatable bonds is 7. The van der Waals surface area contributed by atoms with Crippen molar-refractivity contribution in [2.24, 2.45) is 0 Å². The molecule has 0 bridgehead atoms. The molecule has 0 saturated carbocycles. The van der Waals surface area contributed by atoms with Crippen LogP contribution in [0.2, 0.25) is 0 Å². The predicted octanol–water partition coefficient (Wildman–Crippen LogP) is 2.10. The zero-order valence-corrected chi connectivity index (χ0v) is 12.5. The first-order chi connectivity index (χ1) is 9.78. The van der Waals surface area contributed by atoms with E-state index in [2.05, 4.69) is 41.8 Å². The third-order valence-electron chi connectivity index (χ3n) is 4.12. The summed E-state index contributed by atoms with van der Waals surface area (Å²) >= 11 is 0. The summed E-state index contributed by atoms with van der Waals surface area (Å²) in [5.41, 5.74) is 1.28. The largest absolute Gasteiger partial charge is 0.395 e. The molecule has 3 atom stereocenters. The van der Waals surface area contributed by atoms with E-state index in [1.54, 1.807) is 0 Å². The summed E-state index contributed by atoms with van der Waals surface area (Å²) in [5.74, 6) is 0. The second-order valence-corrected chi connectivity index (χ2v) is 6.02. The second-order valence-electron chi connectivity index (χ2n) is 6.02. The second kappa shape index (κ2) is 8.40. The molecule has 1 aliphatic heterocycles. The number of aliphatic hydroxyl groups excluding tert-OH is 1. The lowest BCUT2D eigenvalue weighted by molar-refractivity contribution is 0.224. The Morgan fingerprint density at radius 1 is 1.30 bits per heavy atom. The van der Waals surface area contributed by atoms with Gasteiger partial charge in [0.05, 0.1) is 6.61 Å². The molecule has 3 nitrogen and oxygen atoms in total. The van der Waals surface area contributed by atoms with Gasteiger partial charge in [0.2, 0.25) is 0 Å². The lowest BCUT2D eigenvalue weighted by Crippen LogP contribution is -2.45. The Balaban J connectivity index is 1.76. The SMILES string of the molecule is CC(CC1CCCCN1)NC(CO)Cc1ccccc1. The quantitative estimate of drug-likeness (QED) is 0.714. The van der Waals surface area contributed by atoms with Gasteiger partial charge in [-0.05, 0) is 44.7 Å². The van der Waals surface area contributed by atoms with Gasteiger partial charge in [-0.25, -0.2) is 0 Å². The van der Waals surface area contributed by atoms with E-state index in [1.807, 2.05) is 6.07 Å². The number of hydrogen-bond donors (Lipinski definition) is 3. The van der Waals surface area contributed by atoms with E-state index in [1.165, 1.54) is 24.8 Å². The highest BCUT2D eigenvalue weighted by Crippen LogP contribution is 2.12. The summed E-state index contributed by atoms with van der Waals surface area (Å²) in [6, 6.07) is 11.6. The van der Waals surface area contributed by atoms with Crippen LogP contribution < -0.4 is 10.6 Å². The summed E-state index contributed by atoms with van der Waals surface area (Å²) in [7, 11) is 0. The first-order valence-electron chi connectivity index (χ1n) is 7.92. The molecule has 112 valence electrons. The molecule has 0 aromatic heterocycles. The Kier molecular flexibility index (Phi) is 6.51. The number of benzene rings is 1. The maximum Gasteiger partial charge on any atom is 0.0587 e. The Hall–Kier alpha value is -0.900. The molecule has 3 heteroatoms. The average molecular weight is 276 g/mol. The fourth-order valence-electron chi connectivity index (χ4n) is 3.10. The van der Waals surface area contributed by atoms with Crippen LogP contribution in [0, 0.1) is 0 Å². The highest BCUT2D eigenvalue weighted by molar-refractivity contribution is 5.15. The van der Waals surface area contributed by atoms with Crippen LogP contribution in [0.3, 0.4) is 0 Å². The molecule has 3 unspecified atom stereocenters. The van der Waals surface area contributed by atoms with Gasteiger partial charge in [0, 0.05) is 18.1 Å². The lowest BCUT2D eigenvalue weighted by Gasteiger charge is -2.28. The van der Waals surface area contributed by atoms with Crippen LogP contribution in [0.25, 0.3) is 0 Å². The van der Waals surface area contributed by atoms with E-state index in [0.29, 0.717) is 12.1 Å². The number of nitrogens with one attached hydrogen (secondary N) is 2. The molecule has 2 rings (SSSR count). The van der Waals surface area contributed by atoms with Crippen molar-refractivity contribution < 1.29 is 5.11 Å². The van der Waals surface area contributed by atoms with E-state index in [4.69, 9.17) is 0 Å². The third kappa shape index (κ3) is 5.23. The third-order valence-corrected chi connectivity index (χ3v) is 4.12. The van der Waals surface area contributed by atoms with Crippen LogP contribution in [0.4, 0.5) is 0 Å². The summed E-state index contributed by atoms with van der Waals surface area (Å²) in [5, 5.41) is 16.7. The molecule has 3 N–H and O–H groups in total. The molecule has 1 aromatic rings. The number of hydrogen-bond acceptors (Lipinski definition) is 3. The summed E-state index contributed by atoms with van der Waals surface area (Å²) < 4.78 is 0. The van der Waals surface area contributed by atoms with Gasteiger partial charge in [-0.2, -0.15) is 0 Å². The average Bonchev–Trinajstić information content (AvgIpc) is 2.48. The highest BCUT2D eigenvalue weighted by atomic mass is 16.3. The van der Waals surface area contributed by atoms with Gasteiger partial charge in [-0.3, -0.25) is 0 Å². The number of aliphatic hydroxyl groups is 1. The van der Waals surface area contributed by atoms with Crippen molar-refractivity contribution in [3.8, 4) is 0 Å². The van der Waals surface area contributed by atoms with Crippen molar-refractivity contribution >= 4 is 0 Å². The van der Waals surface area contributed by atoms with E-state index in [0.717, 1.165) is 19.4 Å². The fourth-order valence-corrected chi connectivity index (χ4v) is 3.10. The zero-order chi connectivity index (χ0) is 14.2. The Morgan fingerprint density at radius 2 is 2.10 bits per heavy atom. The van der Waals surface area contributed by atoms with E-state index in [9.17, 15) is 5.11 Å². The van der Waals surface area contributed by atoms with Gasteiger partial charge < -0.3 is 15.7 Å². The van der Waals surface area contributed by atoms with Crippen LogP contribution in [-0.4, -0.2) is 36.4 Å². The molecule has 1 aromatic carbocycles. The Morgan fingerprint density at radius 3 is 2.75 bits per heavy atom. The van der Waals surface area contributed by atoms with Gasteiger partial charge >= 0.3 is 0 Å². The molecule has 1 aliphatic rings. The van der Waals surface area contributed by atoms with Gasteiger partial charge in [0.1, 0.15) is 0 Å². The van der Waals surface area contributed by atoms with Crippen molar-refractivity contribution in [1.82, 2.24) is 10.6 Å². The minimum Gasteiger partial charge on any atom is -0.395 e. The van der Waals surface area contributed by atoms with Gasteiger partial charge in [-0.1, -0.05) is 36.8 Å². The topological polar surface area (TPSA) is 44.3 Å². The smallest absolute Gasteiger partial charge is 0.0587 e. The molecule has 0 spiro atoms. The predicted molar refractivity (Wildman–Crippen MR) is 83.9 cm³/mol. The normalized spacial score (nSPS) is 22.4.